The fourth-order valence-electron chi connectivity index (χ4n) is 3.83. The van der Waals surface area contributed by atoms with Gasteiger partial charge < -0.3 is 9.80 Å². The van der Waals surface area contributed by atoms with E-state index < -0.39 is 0 Å². The lowest BCUT2D eigenvalue weighted by Gasteiger charge is -2.11. The molecule has 0 spiro atoms. The summed E-state index contributed by atoms with van der Waals surface area (Å²) in [6, 6.07) is 32.5. The number of hydrogen-bond donors (Lipinski definition) is 0. The summed E-state index contributed by atoms with van der Waals surface area (Å²) in [6.07, 6.45) is 13.3. The summed E-state index contributed by atoms with van der Waals surface area (Å²) < 4.78 is 0. The quantitative estimate of drug-likeness (QED) is 0.168. The Labute approximate surface area is 271 Å². The van der Waals surface area contributed by atoms with Crippen molar-refractivity contribution < 1.29 is 9.59 Å². The van der Waals surface area contributed by atoms with Crippen molar-refractivity contribution in [3.8, 4) is 6.07 Å². The van der Waals surface area contributed by atoms with Crippen LogP contribution in [0.15, 0.2) is 121 Å². The zero-order valence-electron chi connectivity index (χ0n) is 25.9. The minimum atomic E-state index is -0.0777. The van der Waals surface area contributed by atoms with E-state index in [-0.39, 0.29) is 11.6 Å². The van der Waals surface area contributed by atoms with Crippen molar-refractivity contribution in [1.82, 2.24) is 0 Å². The number of carbonyl (C=O) groups is 2. The van der Waals surface area contributed by atoms with E-state index in [1.807, 2.05) is 117 Å². The van der Waals surface area contributed by atoms with Crippen LogP contribution in [0.4, 0.5) is 11.4 Å². The van der Waals surface area contributed by atoms with Gasteiger partial charge in [-0.25, -0.2) is 0 Å². The van der Waals surface area contributed by atoms with Crippen LogP contribution < -0.4 is 9.80 Å². The van der Waals surface area contributed by atoms with Crippen LogP contribution in [-0.4, -0.2) is 39.8 Å². The fraction of sp³-hybridized carbons (Fsp3) is 0.103. The van der Waals surface area contributed by atoms with Gasteiger partial charge in [-0.3, -0.25) is 9.59 Å². The van der Waals surface area contributed by atoms with Crippen molar-refractivity contribution in [2.75, 3.05) is 38.0 Å². The summed E-state index contributed by atoms with van der Waals surface area (Å²) in [5, 5.41) is 9.42. The highest BCUT2D eigenvalue weighted by atomic mass is 35.5. The molecule has 45 heavy (non-hydrogen) atoms. The molecule has 4 rings (SSSR count). The van der Waals surface area contributed by atoms with E-state index in [9.17, 15) is 9.59 Å². The Morgan fingerprint density at radius 1 is 0.533 bits per heavy atom. The molecule has 0 unspecified atom stereocenters. The molecule has 226 valence electrons. The first kappa shape index (κ1) is 34.1. The average molecular weight is 614 g/mol. The number of carbonyl (C=O) groups excluding carboxylic acids is 2. The van der Waals surface area contributed by atoms with Crippen molar-refractivity contribution in [2.24, 2.45) is 0 Å². The van der Waals surface area contributed by atoms with Crippen LogP contribution in [0.1, 0.15) is 27.8 Å². The van der Waals surface area contributed by atoms with Crippen LogP contribution in [0.5, 0.6) is 0 Å². The predicted molar refractivity (Wildman–Crippen MR) is 190 cm³/mol. The second-order valence-corrected chi connectivity index (χ2v) is 10.8. The molecule has 0 bridgehead atoms. The number of hydrogen-bond acceptors (Lipinski definition) is 5. The van der Waals surface area contributed by atoms with Gasteiger partial charge in [0.05, 0.1) is 11.6 Å². The van der Waals surface area contributed by atoms with Gasteiger partial charge in [0.15, 0.2) is 11.6 Å². The van der Waals surface area contributed by atoms with Gasteiger partial charge in [-0.15, -0.1) is 0 Å². The summed E-state index contributed by atoms with van der Waals surface area (Å²) >= 11 is 5.82. The monoisotopic (exact) mass is 613 g/mol. The predicted octanol–water partition coefficient (Wildman–Crippen LogP) is 8.62. The Hall–Kier alpha value is -5.44. The van der Waals surface area contributed by atoms with E-state index in [0.29, 0.717) is 10.6 Å². The molecule has 4 aromatic carbocycles. The molecular formula is C39H36ClN3O2. The van der Waals surface area contributed by atoms with E-state index >= 15 is 0 Å². The van der Waals surface area contributed by atoms with Gasteiger partial charge in [0.2, 0.25) is 0 Å². The molecular weight excluding hydrogens is 578 g/mol. The lowest BCUT2D eigenvalue weighted by atomic mass is 10.1. The Balaban J connectivity index is 0.000000246. The summed E-state index contributed by atoms with van der Waals surface area (Å²) in [5.74, 6) is -0.127. The van der Waals surface area contributed by atoms with Gasteiger partial charge in [0.1, 0.15) is 0 Å². The number of anilines is 2. The topological polar surface area (TPSA) is 64.4 Å². The van der Waals surface area contributed by atoms with Crippen LogP contribution in [0, 0.1) is 11.3 Å². The van der Waals surface area contributed by atoms with Crippen LogP contribution >= 0.6 is 11.6 Å². The Morgan fingerprint density at radius 3 is 1.11 bits per heavy atom. The molecule has 0 N–H and O–H groups in total. The first-order valence-electron chi connectivity index (χ1n) is 14.2. The zero-order valence-corrected chi connectivity index (χ0v) is 26.6. The second-order valence-electron chi connectivity index (χ2n) is 10.4. The highest BCUT2D eigenvalue weighted by Crippen LogP contribution is 2.15. The molecule has 0 heterocycles. The molecule has 6 heteroatoms. The highest BCUT2D eigenvalue weighted by Gasteiger charge is 1.97. The SMILES string of the molecule is CN(C)c1ccc(C=CC(=O)C=Cc2ccc(C#N)cc2)cc1.CN(C)c1ccc(C=CC(=O)C=Cc2ccc(Cl)cc2)cc1. The molecule has 0 atom stereocenters. The molecule has 5 nitrogen and oxygen atoms in total. The third-order valence-electron chi connectivity index (χ3n) is 6.49. The second kappa shape index (κ2) is 17.6. The average Bonchev–Trinajstić information content (AvgIpc) is 3.06. The minimum Gasteiger partial charge on any atom is -0.378 e. The number of nitrogens with zero attached hydrogens (tertiary/aromatic N) is 3. The largest absolute Gasteiger partial charge is 0.378 e. The first-order valence-corrected chi connectivity index (χ1v) is 14.6. The summed E-state index contributed by atoms with van der Waals surface area (Å²) in [6.45, 7) is 0. The number of rotatable bonds is 10. The molecule has 0 aliphatic heterocycles. The number of benzene rings is 4. The van der Waals surface area contributed by atoms with E-state index in [0.717, 1.165) is 33.6 Å². The van der Waals surface area contributed by atoms with Crippen LogP contribution in [0.25, 0.3) is 24.3 Å². The summed E-state index contributed by atoms with van der Waals surface area (Å²) in [4.78, 5) is 27.7. The van der Waals surface area contributed by atoms with Crippen LogP contribution in [0.3, 0.4) is 0 Å². The summed E-state index contributed by atoms with van der Waals surface area (Å²) in [7, 11) is 7.97. The van der Waals surface area contributed by atoms with Crippen molar-refractivity contribution in [1.29, 1.82) is 5.26 Å². The molecule has 0 saturated carbocycles. The smallest absolute Gasteiger partial charge is 0.178 e. The fourth-order valence-corrected chi connectivity index (χ4v) is 3.96. The Kier molecular flexibility index (Phi) is 13.3. The van der Waals surface area contributed by atoms with E-state index in [2.05, 4.69) is 6.07 Å². The lowest BCUT2D eigenvalue weighted by molar-refractivity contribution is -0.111. The van der Waals surface area contributed by atoms with Gasteiger partial charge in [-0.05, 0) is 95.1 Å². The third-order valence-corrected chi connectivity index (χ3v) is 6.74. The van der Waals surface area contributed by atoms with Crippen molar-refractivity contribution in [2.45, 2.75) is 0 Å². The van der Waals surface area contributed by atoms with E-state index in [1.165, 1.54) is 6.08 Å². The number of ketones is 2. The van der Waals surface area contributed by atoms with E-state index in [1.54, 1.807) is 60.7 Å². The van der Waals surface area contributed by atoms with E-state index in [4.69, 9.17) is 16.9 Å². The molecule has 4 aromatic rings. The molecule has 0 saturated heterocycles. The number of nitriles is 1. The van der Waals surface area contributed by atoms with Crippen LogP contribution in [-0.2, 0) is 9.59 Å². The van der Waals surface area contributed by atoms with Gasteiger partial charge in [0, 0.05) is 44.6 Å². The number of halogens is 1. The minimum absolute atomic E-state index is 0.0494. The summed E-state index contributed by atoms with van der Waals surface area (Å²) in [5.41, 5.74) is 6.67. The molecule has 0 aliphatic carbocycles. The Bertz CT molecular complexity index is 1710. The lowest BCUT2D eigenvalue weighted by Crippen LogP contribution is -2.07. The van der Waals surface area contributed by atoms with Crippen molar-refractivity contribution in [3.05, 3.63) is 154 Å². The highest BCUT2D eigenvalue weighted by molar-refractivity contribution is 6.30. The maximum atomic E-state index is 11.9. The third kappa shape index (κ3) is 12.4. The van der Waals surface area contributed by atoms with Gasteiger partial charge in [-0.1, -0.05) is 84.4 Å². The molecule has 0 aliphatic rings. The standard InChI is InChI=1S/C20H18N2O.C19H18ClNO/c1-22(2)19-11-7-17(8-12-19)10-14-20(23)13-9-16-3-5-18(15-21)6-4-16;1-21(2)18-11-5-16(6-12-18)8-14-19(22)13-7-15-3-9-17(20)10-4-15/h3-14H,1-2H3;3-14H,1-2H3. The van der Waals surface area contributed by atoms with Gasteiger partial charge in [0.25, 0.3) is 0 Å². The molecule has 0 amide bonds. The van der Waals surface area contributed by atoms with Crippen molar-refractivity contribution in [3.63, 3.8) is 0 Å². The number of allylic oxidation sites excluding steroid dienone is 4. The normalized spacial score (nSPS) is 11.0. The van der Waals surface area contributed by atoms with Crippen molar-refractivity contribution >= 4 is 58.8 Å². The molecule has 0 fully saturated rings. The van der Waals surface area contributed by atoms with Crippen LogP contribution in [0.2, 0.25) is 5.02 Å². The molecule has 0 radical (unpaired) electrons. The molecule has 0 aromatic heterocycles. The first-order chi connectivity index (χ1) is 21.6. The maximum Gasteiger partial charge on any atom is 0.178 e. The van der Waals surface area contributed by atoms with Gasteiger partial charge >= 0.3 is 0 Å². The Morgan fingerprint density at radius 2 is 0.822 bits per heavy atom. The maximum absolute atomic E-state index is 11.9. The van der Waals surface area contributed by atoms with Gasteiger partial charge in [-0.2, -0.15) is 5.26 Å². The zero-order chi connectivity index (χ0) is 32.6.